The monoisotopic (exact) mass is 281 g/mol. The van der Waals surface area contributed by atoms with Gasteiger partial charge in [0.05, 0.1) is 11.1 Å². The number of carboxylic acid groups (broad SMARTS) is 1. The van der Waals surface area contributed by atoms with Crippen molar-refractivity contribution in [2.45, 2.75) is 45.6 Å². The van der Waals surface area contributed by atoms with Gasteiger partial charge in [0.2, 0.25) is 0 Å². The van der Waals surface area contributed by atoms with Gasteiger partial charge in [-0.2, -0.15) is 0 Å². The minimum absolute atomic E-state index is 0.130. The Labute approximate surface area is 118 Å². The number of amides is 1. The third kappa shape index (κ3) is 3.35. The summed E-state index contributed by atoms with van der Waals surface area (Å²) < 4.78 is 13.8. The predicted octanol–water partition coefficient (Wildman–Crippen LogP) is 3.22. The van der Waals surface area contributed by atoms with Crippen LogP contribution in [0, 0.1) is 5.82 Å². The van der Waals surface area contributed by atoms with Crippen LogP contribution in [0.25, 0.3) is 0 Å². The largest absolute Gasteiger partial charge is 0.478 e. The van der Waals surface area contributed by atoms with Crippen LogP contribution in [-0.2, 0) is 0 Å². The first-order chi connectivity index (χ1) is 9.39. The molecule has 0 unspecified atom stereocenters. The number of hydrogen-bond donors (Lipinski definition) is 2. The van der Waals surface area contributed by atoms with Crippen LogP contribution in [0.2, 0.25) is 0 Å². The molecule has 20 heavy (non-hydrogen) atoms. The summed E-state index contributed by atoms with van der Waals surface area (Å²) in [5.74, 6) is -2.55. The molecule has 0 atom stereocenters. The van der Waals surface area contributed by atoms with Crippen LogP contribution in [0.4, 0.5) is 4.39 Å². The van der Waals surface area contributed by atoms with Crippen LogP contribution in [0.3, 0.4) is 0 Å². The minimum atomic E-state index is -1.22. The van der Waals surface area contributed by atoms with Crippen molar-refractivity contribution in [3.63, 3.8) is 0 Å². The fraction of sp³-hybridized carbons (Fsp3) is 0.467. The summed E-state index contributed by atoms with van der Waals surface area (Å²) in [5, 5.41) is 11.6. The number of nitrogens with one attached hydrogen (secondary N) is 1. The number of rotatable bonds is 6. The second-order valence-corrected chi connectivity index (χ2v) is 4.79. The highest BCUT2D eigenvalue weighted by Crippen LogP contribution is 2.21. The highest BCUT2D eigenvalue weighted by atomic mass is 19.1. The van der Waals surface area contributed by atoms with Crippen LogP contribution in [0.5, 0.6) is 0 Å². The summed E-state index contributed by atoms with van der Waals surface area (Å²) in [4.78, 5) is 22.9. The van der Waals surface area contributed by atoms with E-state index in [1.54, 1.807) is 0 Å². The summed E-state index contributed by atoms with van der Waals surface area (Å²) in [5.41, 5.74) is -0.656. The van der Waals surface area contributed by atoms with E-state index in [-0.39, 0.29) is 16.7 Å². The van der Waals surface area contributed by atoms with E-state index in [4.69, 9.17) is 5.11 Å². The second-order valence-electron chi connectivity index (χ2n) is 4.79. The lowest BCUT2D eigenvalue weighted by atomic mass is 9.89. The van der Waals surface area contributed by atoms with Crippen molar-refractivity contribution in [3.8, 4) is 0 Å². The van der Waals surface area contributed by atoms with Crippen molar-refractivity contribution in [3.05, 3.63) is 35.1 Å². The van der Waals surface area contributed by atoms with E-state index in [0.29, 0.717) is 0 Å². The standard InChI is InChI=1S/C15H20FNO3/c1-4-15(5-2,6-3)17-13(18)11-8-7-10(14(19)20)9-12(11)16/h7-9H,4-6H2,1-3H3,(H,17,18)(H,19,20). The normalized spacial score (nSPS) is 11.2. The van der Waals surface area contributed by atoms with Crippen molar-refractivity contribution in [2.75, 3.05) is 0 Å². The average Bonchev–Trinajstić information content (AvgIpc) is 2.44. The van der Waals surface area contributed by atoms with Crippen LogP contribution < -0.4 is 5.32 Å². The zero-order valence-electron chi connectivity index (χ0n) is 12.0. The van der Waals surface area contributed by atoms with Gasteiger partial charge in [-0.05, 0) is 37.5 Å². The molecule has 1 rings (SSSR count). The van der Waals surface area contributed by atoms with Crippen molar-refractivity contribution < 1.29 is 19.1 Å². The van der Waals surface area contributed by atoms with Gasteiger partial charge in [0.25, 0.3) is 5.91 Å². The van der Waals surface area contributed by atoms with E-state index in [1.807, 2.05) is 20.8 Å². The van der Waals surface area contributed by atoms with Crippen LogP contribution in [0.15, 0.2) is 18.2 Å². The van der Waals surface area contributed by atoms with Gasteiger partial charge in [-0.25, -0.2) is 9.18 Å². The quantitative estimate of drug-likeness (QED) is 0.841. The molecule has 0 spiro atoms. The first-order valence-electron chi connectivity index (χ1n) is 6.74. The van der Waals surface area contributed by atoms with Gasteiger partial charge in [-0.3, -0.25) is 4.79 Å². The summed E-state index contributed by atoms with van der Waals surface area (Å²) in [6.45, 7) is 5.91. The number of carbonyl (C=O) groups is 2. The highest BCUT2D eigenvalue weighted by molar-refractivity contribution is 5.96. The molecule has 0 radical (unpaired) electrons. The molecule has 0 heterocycles. The lowest BCUT2D eigenvalue weighted by molar-refractivity contribution is 0.0695. The SMILES string of the molecule is CCC(CC)(CC)NC(=O)c1ccc(C(=O)O)cc1F. The van der Waals surface area contributed by atoms with Crippen molar-refractivity contribution >= 4 is 11.9 Å². The Morgan fingerprint density at radius 3 is 2.15 bits per heavy atom. The summed E-state index contributed by atoms with van der Waals surface area (Å²) in [7, 11) is 0. The molecule has 0 aliphatic carbocycles. The smallest absolute Gasteiger partial charge is 0.335 e. The highest BCUT2D eigenvalue weighted by Gasteiger charge is 2.27. The third-order valence-electron chi connectivity index (χ3n) is 3.87. The van der Waals surface area contributed by atoms with E-state index in [1.165, 1.54) is 12.1 Å². The number of carbonyl (C=O) groups excluding carboxylic acids is 1. The molecule has 0 aliphatic heterocycles. The molecule has 2 N–H and O–H groups in total. The molecule has 1 aromatic rings. The number of benzene rings is 1. The van der Waals surface area contributed by atoms with Gasteiger partial charge in [-0.15, -0.1) is 0 Å². The Bertz CT molecular complexity index is 502. The van der Waals surface area contributed by atoms with Crippen molar-refractivity contribution in [1.82, 2.24) is 5.32 Å². The van der Waals surface area contributed by atoms with Crippen LogP contribution >= 0.6 is 0 Å². The van der Waals surface area contributed by atoms with E-state index < -0.39 is 17.7 Å². The minimum Gasteiger partial charge on any atom is -0.478 e. The Balaban J connectivity index is 3.01. The fourth-order valence-electron chi connectivity index (χ4n) is 2.16. The Morgan fingerprint density at radius 2 is 1.75 bits per heavy atom. The van der Waals surface area contributed by atoms with Gasteiger partial charge >= 0.3 is 5.97 Å². The lowest BCUT2D eigenvalue weighted by Gasteiger charge is -2.31. The third-order valence-corrected chi connectivity index (χ3v) is 3.87. The maximum atomic E-state index is 13.8. The first kappa shape index (κ1) is 16.1. The first-order valence-corrected chi connectivity index (χ1v) is 6.74. The average molecular weight is 281 g/mol. The number of hydrogen-bond acceptors (Lipinski definition) is 2. The summed E-state index contributed by atoms with van der Waals surface area (Å²) in [6.07, 6.45) is 2.25. The Kier molecular flexibility index (Phi) is 5.25. The fourth-order valence-corrected chi connectivity index (χ4v) is 2.16. The molecule has 0 saturated carbocycles. The lowest BCUT2D eigenvalue weighted by Crippen LogP contribution is -2.47. The van der Waals surface area contributed by atoms with E-state index in [0.717, 1.165) is 25.3 Å². The van der Waals surface area contributed by atoms with Gasteiger partial charge in [0.15, 0.2) is 0 Å². The van der Waals surface area contributed by atoms with Gasteiger partial charge < -0.3 is 10.4 Å². The number of aromatic carboxylic acids is 1. The molecular formula is C15H20FNO3. The molecule has 5 heteroatoms. The molecule has 4 nitrogen and oxygen atoms in total. The Morgan fingerprint density at radius 1 is 1.20 bits per heavy atom. The van der Waals surface area contributed by atoms with Gasteiger partial charge in [0.1, 0.15) is 5.82 Å². The molecule has 0 bridgehead atoms. The number of carboxylic acids is 1. The van der Waals surface area contributed by atoms with Crippen LogP contribution in [-0.4, -0.2) is 22.5 Å². The molecule has 0 saturated heterocycles. The molecule has 110 valence electrons. The van der Waals surface area contributed by atoms with Gasteiger partial charge in [0, 0.05) is 5.54 Å². The van der Waals surface area contributed by atoms with E-state index in [2.05, 4.69) is 5.32 Å². The molecule has 1 amide bonds. The number of halogens is 1. The molecule has 0 aliphatic rings. The van der Waals surface area contributed by atoms with Gasteiger partial charge in [-0.1, -0.05) is 20.8 Å². The topological polar surface area (TPSA) is 66.4 Å². The molecule has 0 fully saturated rings. The zero-order chi connectivity index (χ0) is 15.3. The maximum absolute atomic E-state index is 13.8. The summed E-state index contributed by atoms with van der Waals surface area (Å²) >= 11 is 0. The van der Waals surface area contributed by atoms with E-state index >= 15 is 0 Å². The zero-order valence-corrected chi connectivity index (χ0v) is 12.0. The van der Waals surface area contributed by atoms with E-state index in [9.17, 15) is 14.0 Å². The van der Waals surface area contributed by atoms with Crippen molar-refractivity contribution in [1.29, 1.82) is 0 Å². The van der Waals surface area contributed by atoms with Crippen molar-refractivity contribution in [2.24, 2.45) is 0 Å². The molecular weight excluding hydrogens is 261 g/mol. The molecule has 1 aromatic carbocycles. The molecule has 0 aromatic heterocycles. The Hall–Kier alpha value is -1.91. The summed E-state index contributed by atoms with van der Waals surface area (Å²) in [6, 6.07) is 3.30. The second kappa shape index (κ2) is 6.50. The maximum Gasteiger partial charge on any atom is 0.335 e. The van der Waals surface area contributed by atoms with Crippen LogP contribution in [0.1, 0.15) is 60.7 Å². The predicted molar refractivity (Wildman–Crippen MR) is 74.4 cm³/mol.